The van der Waals surface area contributed by atoms with Crippen molar-refractivity contribution in [2.24, 2.45) is 0 Å². The number of halogens is 2. The largest absolute Gasteiger partial charge is 0.461 e. The maximum atomic E-state index is 13.5. The fourth-order valence-electron chi connectivity index (χ4n) is 4.59. The topological polar surface area (TPSA) is 116 Å². The summed E-state index contributed by atoms with van der Waals surface area (Å²) in [5.74, 6) is -0.203. The Kier molecular flexibility index (Phi) is 6.08. The number of fused-ring (bicyclic) bond motifs is 3. The summed E-state index contributed by atoms with van der Waals surface area (Å²) < 4.78 is 35.5. The summed E-state index contributed by atoms with van der Waals surface area (Å²) in [5, 5.41) is 0.147. The fourth-order valence-corrected chi connectivity index (χ4v) is 6.69. The minimum absolute atomic E-state index is 0.0957. The van der Waals surface area contributed by atoms with Gasteiger partial charge in [0.05, 0.1) is 34.2 Å². The average molecular weight is 595 g/mol. The van der Waals surface area contributed by atoms with E-state index in [1.807, 2.05) is 6.92 Å². The van der Waals surface area contributed by atoms with Crippen molar-refractivity contribution in [2.45, 2.75) is 44.2 Å². The van der Waals surface area contributed by atoms with Gasteiger partial charge < -0.3 is 9.64 Å². The van der Waals surface area contributed by atoms with Crippen molar-refractivity contribution in [3.05, 3.63) is 57.7 Å². The predicted molar refractivity (Wildman–Crippen MR) is 135 cm³/mol. The van der Waals surface area contributed by atoms with Gasteiger partial charge >= 0.3 is 5.97 Å². The number of hydrogen-bond acceptors (Lipinski definition) is 7. The van der Waals surface area contributed by atoms with Crippen LogP contribution in [0, 0.1) is 6.92 Å². The molecule has 1 fully saturated rings. The van der Waals surface area contributed by atoms with Crippen molar-refractivity contribution in [3.63, 3.8) is 0 Å². The van der Waals surface area contributed by atoms with Crippen LogP contribution in [0.3, 0.4) is 0 Å². The van der Waals surface area contributed by atoms with E-state index >= 15 is 0 Å². The van der Waals surface area contributed by atoms with Crippen molar-refractivity contribution in [1.29, 1.82) is 0 Å². The molecular formula is C23H21BrClN5O5S. The third-order valence-electron chi connectivity index (χ3n) is 6.18. The molecule has 1 aromatic carbocycles. The molecule has 4 aromatic rings. The second-order valence-electron chi connectivity index (χ2n) is 8.66. The number of aryl methyl sites for hydroxylation is 1. The van der Waals surface area contributed by atoms with Gasteiger partial charge in [0.25, 0.3) is 10.0 Å². The van der Waals surface area contributed by atoms with E-state index in [-0.39, 0.29) is 28.0 Å². The standard InChI is InChI=1S/C23H21BrClN5O5S/c1-12-4-6-16(7-5-12)36(33,34)29-11-17(25)20-23(29)26-9-19-21(24)27-22(30(19)20)18-8-15(35-14(3)32)10-28(18)13(2)31/h4-7,9,11,15,18H,8,10H2,1-3H3. The number of imidazole rings is 1. The molecule has 188 valence electrons. The summed E-state index contributed by atoms with van der Waals surface area (Å²) in [6, 6.07) is 5.95. The zero-order valence-electron chi connectivity index (χ0n) is 19.5. The van der Waals surface area contributed by atoms with Crippen LogP contribution in [-0.4, -0.2) is 56.2 Å². The van der Waals surface area contributed by atoms with E-state index in [1.165, 1.54) is 38.4 Å². The van der Waals surface area contributed by atoms with Crippen LogP contribution < -0.4 is 0 Å². The predicted octanol–water partition coefficient (Wildman–Crippen LogP) is 3.87. The van der Waals surface area contributed by atoms with E-state index in [4.69, 9.17) is 16.3 Å². The Morgan fingerprint density at radius 1 is 1.19 bits per heavy atom. The summed E-state index contributed by atoms with van der Waals surface area (Å²) in [6.45, 7) is 4.84. The summed E-state index contributed by atoms with van der Waals surface area (Å²) >= 11 is 10.1. The van der Waals surface area contributed by atoms with E-state index < -0.39 is 28.1 Å². The lowest BCUT2D eigenvalue weighted by atomic mass is 10.2. The molecule has 0 aliphatic carbocycles. The average Bonchev–Trinajstić information content (AvgIpc) is 3.47. The smallest absolute Gasteiger partial charge is 0.302 e. The Balaban J connectivity index is 1.72. The maximum absolute atomic E-state index is 13.5. The SMILES string of the molecule is CC(=O)OC1CC(c2nc(Br)c3cnc4c(c(Cl)cn4S(=O)(=O)c4ccc(C)cc4)n23)N(C(C)=O)C1. The van der Waals surface area contributed by atoms with Gasteiger partial charge in [-0.05, 0) is 35.0 Å². The number of esters is 1. The first-order valence-corrected chi connectivity index (χ1v) is 13.6. The van der Waals surface area contributed by atoms with Gasteiger partial charge in [-0.3, -0.25) is 14.0 Å². The van der Waals surface area contributed by atoms with Gasteiger partial charge in [0.1, 0.15) is 22.0 Å². The molecule has 2 atom stereocenters. The first-order valence-electron chi connectivity index (χ1n) is 11.0. The number of aromatic nitrogens is 4. The number of rotatable bonds is 4. The number of likely N-dealkylation sites (tertiary alicyclic amines) is 1. The quantitative estimate of drug-likeness (QED) is 0.329. The van der Waals surface area contributed by atoms with Crippen LogP contribution in [0.25, 0.3) is 16.7 Å². The van der Waals surface area contributed by atoms with Crippen LogP contribution in [0.1, 0.15) is 37.7 Å². The lowest BCUT2D eigenvalue weighted by molar-refractivity contribution is -0.146. The van der Waals surface area contributed by atoms with Crippen molar-refractivity contribution in [1.82, 2.24) is 23.2 Å². The highest BCUT2D eigenvalue weighted by molar-refractivity contribution is 9.10. The number of ether oxygens (including phenoxy) is 1. The highest BCUT2D eigenvalue weighted by atomic mass is 79.9. The molecule has 0 bridgehead atoms. The molecular weight excluding hydrogens is 574 g/mol. The lowest BCUT2D eigenvalue weighted by Gasteiger charge is -2.22. The maximum Gasteiger partial charge on any atom is 0.302 e. The molecule has 3 aromatic heterocycles. The number of carbonyl (C=O) groups is 2. The zero-order valence-corrected chi connectivity index (χ0v) is 22.6. The number of nitrogens with zero attached hydrogens (tertiary/aromatic N) is 5. The summed E-state index contributed by atoms with van der Waals surface area (Å²) in [7, 11) is -4.00. The highest BCUT2D eigenvalue weighted by Gasteiger charge is 2.40. The molecule has 4 heterocycles. The lowest BCUT2D eigenvalue weighted by Crippen LogP contribution is -2.31. The summed E-state index contributed by atoms with van der Waals surface area (Å²) in [4.78, 5) is 34.7. The van der Waals surface area contributed by atoms with Gasteiger partial charge in [-0.15, -0.1) is 0 Å². The third kappa shape index (κ3) is 3.97. The van der Waals surface area contributed by atoms with Crippen LogP contribution >= 0.6 is 27.5 Å². The number of benzene rings is 1. The Morgan fingerprint density at radius 2 is 1.89 bits per heavy atom. The van der Waals surface area contributed by atoms with Crippen molar-refractivity contribution >= 4 is 66.1 Å². The zero-order chi connectivity index (χ0) is 25.9. The highest BCUT2D eigenvalue weighted by Crippen LogP contribution is 2.38. The van der Waals surface area contributed by atoms with E-state index in [9.17, 15) is 18.0 Å². The second kappa shape index (κ2) is 8.86. The van der Waals surface area contributed by atoms with E-state index in [0.717, 1.165) is 9.54 Å². The van der Waals surface area contributed by atoms with Crippen LogP contribution in [0.4, 0.5) is 0 Å². The first kappa shape index (κ1) is 24.7. The molecule has 1 saturated heterocycles. The number of hydrogen-bond donors (Lipinski definition) is 0. The van der Waals surface area contributed by atoms with Gasteiger partial charge in [-0.2, -0.15) is 0 Å². The summed E-state index contributed by atoms with van der Waals surface area (Å²) in [6.07, 6.45) is 2.64. The fraction of sp³-hybridized carbons (Fsp3) is 0.304. The Hall–Kier alpha value is -2.96. The molecule has 1 aliphatic rings. The van der Waals surface area contributed by atoms with Gasteiger partial charge in [-0.25, -0.2) is 22.4 Å². The van der Waals surface area contributed by atoms with E-state index in [0.29, 0.717) is 27.9 Å². The van der Waals surface area contributed by atoms with Gasteiger partial charge in [0.15, 0.2) is 5.65 Å². The molecule has 2 unspecified atom stereocenters. The van der Waals surface area contributed by atoms with Crippen LogP contribution in [0.2, 0.25) is 5.02 Å². The Morgan fingerprint density at radius 3 is 2.53 bits per heavy atom. The first-order chi connectivity index (χ1) is 17.0. The molecule has 0 radical (unpaired) electrons. The minimum atomic E-state index is -4.00. The number of carbonyl (C=O) groups excluding carboxylic acids is 2. The van der Waals surface area contributed by atoms with E-state index in [2.05, 4.69) is 25.9 Å². The van der Waals surface area contributed by atoms with Crippen molar-refractivity contribution in [2.75, 3.05) is 6.54 Å². The molecule has 10 nitrogen and oxygen atoms in total. The van der Waals surface area contributed by atoms with Crippen LogP contribution in [-0.2, 0) is 24.3 Å². The normalized spacial score (nSPS) is 18.3. The third-order valence-corrected chi connectivity index (χ3v) is 8.70. The molecule has 1 amide bonds. The molecule has 0 N–H and O–H groups in total. The van der Waals surface area contributed by atoms with Gasteiger partial charge in [0, 0.05) is 26.5 Å². The molecule has 0 spiro atoms. The molecule has 1 aliphatic heterocycles. The molecule has 5 rings (SSSR count). The monoisotopic (exact) mass is 593 g/mol. The number of amides is 1. The van der Waals surface area contributed by atoms with Gasteiger partial charge in [0.2, 0.25) is 5.91 Å². The molecule has 13 heteroatoms. The van der Waals surface area contributed by atoms with Crippen LogP contribution in [0.15, 0.2) is 46.2 Å². The van der Waals surface area contributed by atoms with Crippen molar-refractivity contribution in [3.8, 4) is 0 Å². The van der Waals surface area contributed by atoms with Gasteiger partial charge in [-0.1, -0.05) is 29.3 Å². The molecule has 36 heavy (non-hydrogen) atoms. The Labute approximate surface area is 220 Å². The minimum Gasteiger partial charge on any atom is -0.461 e. The van der Waals surface area contributed by atoms with Crippen LogP contribution in [0.5, 0.6) is 0 Å². The summed E-state index contributed by atoms with van der Waals surface area (Å²) in [5.41, 5.74) is 1.92. The second-order valence-corrected chi connectivity index (χ2v) is 11.6. The molecule has 0 saturated carbocycles. The van der Waals surface area contributed by atoms with Crippen molar-refractivity contribution < 1.29 is 22.7 Å². The van der Waals surface area contributed by atoms with E-state index in [1.54, 1.807) is 21.4 Å². The Bertz CT molecular complexity index is 1650.